The van der Waals surface area contributed by atoms with Crippen LogP contribution < -0.4 is 15.4 Å². The van der Waals surface area contributed by atoms with Gasteiger partial charge in [0, 0.05) is 13.0 Å². The number of carboxylic acid groups (broad SMARTS) is 1. The SMILES string of the molecule is NC(=O)CCN1CCOc2c(C(=O)O)cccc21. The minimum atomic E-state index is -1.02. The Morgan fingerprint density at radius 1 is 1.44 bits per heavy atom. The van der Waals surface area contributed by atoms with Crippen molar-refractivity contribution in [2.45, 2.75) is 6.42 Å². The molecule has 1 aromatic carbocycles. The lowest BCUT2D eigenvalue weighted by molar-refractivity contribution is -0.117. The quantitative estimate of drug-likeness (QED) is 0.809. The maximum Gasteiger partial charge on any atom is 0.339 e. The molecule has 1 aromatic rings. The molecule has 3 N–H and O–H groups in total. The highest BCUT2D eigenvalue weighted by Crippen LogP contribution is 2.34. The molecule has 0 saturated carbocycles. The normalized spacial score (nSPS) is 13.7. The highest BCUT2D eigenvalue weighted by molar-refractivity contribution is 5.93. The number of carbonyl (C=O) groups is 2. The van der Waals surface area contributed by atoms with Crippen molar-refractivity contribution < 1.29 is 19.4 Å². The summed E-state index contributed by atoms with van der Waals surface area (Å²) in [6.07, 6.45) is 0.233. The van der Waals surface area contributed by atoms with Gasteiger partial charge in [0.1, 0.15) is 12.2 Å². The first-order chi connectivity index (χ1) is 8.59. The van der Waals surface area contributed by atoms with Crippen LogP contribution in [0.2, 0.25) is 0 Å². The van der Waals surface area contributed by atoms with E-state index in [1.807, 2.05) is 4.90 Å². The van der Waals surface area contributed by atoms with Crippen LogP contribution in [-0.4, -0.2) is 36.7 Å². The molecule has 1 aliphatic heterocycles. The molecule has 0 spiro atoms. The second-order valence-electron chi connectivity index (χ2n) is 4.01. The third kappa shape index (κ3) is 2.37. The van der Waals surface area contributed by atoms with E-state index >= 15 is 0 Å². The molecule has 1 aliphatic rings. The first-order valence-corrected chi connectivity index (χ1v) is 5.62. The highest BCUT2D eigenvalue weighted by atomic mass is 16.5. The van der Waals surface area contributed by atoms with Crippen LogP contribution in [-0.2, 0) is 4.79 Å². The second-order valence-corrected chi connectivity index (χ2v) is 4.01. The molecule has 0 saturated heterocycles. The predicted octanol–water partition coefficient (Wildman–Crippen LogP) is 0.459. The Morgan fingerprint density at radius 2 is 2.22 bits per heavy atom. The lowest BCUT2D eigenvalue weighted by Crippen LogP contribution is -2.35. The predicted molar refractivity (Wildman–Crippen MR) is 64.9 cm³/mol. The third-order valence-electron chi connectivity index (χ3n) is 2.80. The van der Waals surface area contributed by atoms with Gasteiger partial charge in [-0.15, -0.1) is 0 Å². The molecule has 0 unspecified atom stereocenters. The molecular formula is C12H14N2O4. The Morgan fingerprint density at radius 3 is 2.89 bits per heavy atom. The summed E-state index contributed by atoms with van der Waals surface area (Å²) in [4.78, 5) is 23.8. The van der Waals surface area contributed by atoms with Crippen LogP contribution in [0.25, 0.3) is 0 Å². The van der Waals surface area contributed by atoms with Crippen LogP contribution in [0.3, 0.4) is 0 Å². The van der Waals surface area contributed by atoms with Crippen molar-refractivity contribution in [2.24, 2.45) is 5.73 Å². The molecule has 1 heterocycles. The number of nitrogens with zero attached hydrogens (tertiary/aromatic N) is 1. The van der Waals surface area contributed by atoms with E-state index in [1.165, 1.54) is 6.07 Å². The van der Waals surface area contributed by atoms with Gasteiger partial charge in [-0.2, -0.15) is 0 Å². The number of amides is 1. The molecular weight excluding hydrogens is 236 g/mol. The van der Waals surface area contributed by atoms with Gasteiger partial charge < -0.3 is 20.5 Å². The summed E-state index contributed by atoms with van der Waals surface area (Å²) in [6, 6.07) is 4.94. The number of hydrogen-bond acceptors (Lipinski definition) is 4. The molecule has 0 atom stereocenters. The molecule has 18 heavy (non-hydrogen) atoms. The summed E-state index contributed by atoms with van der Waals surface area (Å²) < 4.78 is 5.41. The zero-order chi connectivity index (χ0) is 13.1. The van der Waals surface area contributed by atoms with Crippen LogP contribution in [0.1, 0.15) is 16.8 Å². The van der Waals surface area contributed by atoms with E-state index in [4.69, 9.17) is 15.6 Å². The topological polar surface area (TPSA) is 92.9 Å². The van der Waals surface area contributed by atoms with Gasteiger partial charge in [0.2, 0.25) is 5.91 Å². The fourth-order valence-corrected chi connectivity index (χ4v) is 1.95. The molecule has 6 nitrogen and oxygen atoms in total. The molecule has 2 rings (SSSR count). The number of hydrogen-bond donors (Lipinski definition) is 2. The summed E-state index contributed by atoms with van der Waals surface area (Å²) in [5, 5.41) is 9.07. The molecule has 0 aromatic heterocycles. The van der Waals surface area contributed by atoms with E-state index in [-0.39, 0.29) is 17.9 Å². The van der Waals surface area contributed by atoms with Gasteiger partial charge in [-0.3, -0.25) is 4.79 Å². The Hall–Kier alpha value is -2.24. The molecule has 0 bridgehead atoms. The molecule has 0 fully saturated rings. The Labute approximate surface area is 104 Å². The number of primary amides is 1. The van der Waals surface area contributed by atoms with Crippen molar-refractivity contribution in [3.05, 3.63) is 23.8 Å². The van der Waals surface area contributed by atoms with Crippen molar-refractivity contribution in [1.29, 1.82) is 0 Å². The molecule has 0 radical (unpaired) electrons. The van der Waals surface area contributed by atoms with E-state index in [9.17, 15) is 9.59 Å². The monoisotopic (exact) mass is 250 g/mol. The zero-order valence-electron chi connectivity index (χ0n) is 9.76. The lowest BCUT2D eigenvalue weighted by atomic mass is 10.1. The smallest absolute Gasteiger partial charge is 0.339 e. The van der Waals surface area contributed by atoms with Crippen LogP contribution in [0.4, 0.5) is 5.69 Å². The average Bonchev–Trinajstić information content (AvgIpc) is 2.35. The highest BCUT2D eigenvalue weighted by Gasteiger charge is 2.23. The summed E-state index contributed by atoms with van der Waals surface area (Å²) in [7, 11) is 0. The maximum atomic E-state index is 11.1. The third-order valence-corrected chi connectivity index (χ3v) is 2.80. The summed E-state index contributed by atoms with van der Waals surface area (Å²) in [6.45, 7) is 1.48. The van der Waals surface area contributed by atoms with Gasteiger partial charge in [-0.1, -0.05) is 6.07 Å². The van der Waals surface area contributed by atoms with Crippen molar-refractivity contribution in [2.75, 3.05) is 24.6 Å². The second kappa shape index (κ2) is 4.95. The summed E-state index contributed by atoms with van der Waals surface area (Å²) in [5.41, 5.74) is 5.95. The number of carbonyl (C=O) groups excluding carboxylic acids is 1. The van der Waals surface area contributed by atoms with E-state index in [0.29, 0.717) is 31.1 Å². The number of rotatable bonds is 4. The number of nitrogens with two attached hydrogens (primary N) is 1. The van der Waals surface area contributed by atoms with Crippen molar-refractivity contribution in [3.8, 4) is 5.75 Å². The minimum Gasteiger partial charge on any atom is -0.489 e. The van der Waals surface area contributed by atoms with Crippen molar-refractivity contribution in [1.82, 2.24) is 0 Å². The van der Waals surface area contributed by atoms with Crippen molar-refractivity contribution >= 4 is 17.6 Å². The average molecular weight is 250 g/mol. The van der Waals surface area contributed by atoms with E-state index in [1.54, 1.807) is 12.1 Å². The zero-order valence-corrected chi connectivity index (χ0v) is 9.76. The largest absolute Gasteiger partial charge is 0.489 e. The number of anilines is 1. The molecule has 1 amide bonds. The van der Waals surface area contributed by atoms with E-state index in [2.05, 4.69) is 0 Å². The molecule has 6 heteroatoms. The fraction of sp³-hybridized carbons (Fsp3) is 0.333. The number of ether oxygens (including phenoxy) is 1. The number of fused-ring (bicyclic) bond motifs is 1. The van der Waals surface area contributed by atoms with Gasteiger partial charge in [0.15, 0.2) is 5.75 Å². The van der Waals surface area contributed by atoms with Gasteiger partial charge in [-0.05, 0) is 12.1 Å². The van der Waals surface area contributed by atoms with Gasteiger partial charge >= 0.3 is 5.97 Å². The number of benzene rings is 1. The minimum absolute atomic E-state index is 0.135. The molecule has 0 aliphatic carbocycles. The van der Waals surface area contributed by atoms with Crippen LogP contribution in [0, 0.1) is 0 Å². The van der Waals surface area contributed by atoms with Crippen molar-refractivity contribution in [3.63, 3.8) is 0 Å². The number of aromatic carboxylic acids is 1. The lowest BCUT2D eigenvalue weighted by Gasteiger charge is -2.31. The fourth-order valence-electron chi connectivity index (χ4n) is 1.95. The first kappa shape index (κ1) is 12.2. The van der Waals surface area contributed by atoms with E-state index in [0.717, 1.165) is 0 Å². The number of carboxylic acids is 1. The van der Waals surface area contributed by atoms with Gasteiger partial charge in [0.25, 0.3) is 0 Å². The van der Waals surface area contributed by atoms with Crippen LogP contribution in [0.5, 0.6) is 5.75 Å². The van der Waals surface area contributed by atoms with E-state index < -0.39 is 5.97 Å². The maximum absolute atomic E-state index is 11.1. The Kier molecular flexibility index (Phi) is 3.36. The summed E-state index contributed by atoms with van der Waals surface area (Å²) >= 11 is 0. The summed E-state index contributed by atoms with van der Waals surface area (Å²) in [5.74, 6) is -1.04. The van der Waals surface area contributed by atoms with Crippen LogP contribution in [0.15, 0.2) is 18.2 Å². The number of para-hydroxylation sites is 1. The van der Waals surface area contributed by atoms with Gasteiger partial charge in [-0.25, -0.2) is 4.79 Å². The van der Waals surface area contributed by atoms with Gasteiger partial charge in [0.05, 0.1) is 12.2 Å². The standard InChI is InChI=1S/C12H14N2O4/c13-10(15)4-5-14-6-7-18-11-8(12(16)17)2-1-3-9(11)14/h1-3H,4-7H2,(H2,13,15)(H,16,17). The Bertz CT molecular complexity index is 487. The Balaban J connectivity index is 2.29. The first-order valence-electron chi connectivity index (χ1n) is 5.62. The molecule has 96 valence electrons. The van der Waals surface area contributed by atoms with Crippen LogP contribution >= 0.6 is 0 Å².